The second kappa shape index (κ2) is 13.4. The molecule has 0 saturated carbocycles. The molecule has 0 amide bonds. The van der Waals surface area contributed by atoms with Crippen molar-refractivity contribution in [3.05, 3.63) is 212 Å². The summed E-state index contributed by atoms with van der Waals surface area (Å²) in [4.78, 5) is 2.35. The lowest BCUT2D eigenvalue weighted by molar-refractivity contribution is 0.669. The molecule has 3 nitrogen and oxygen atoms in total. The Balaban J connectivity index is 1.02. The first kappa shape index (κ1) is 33.3. The summed E-state index contributed by atoms with van der Waals surface area (Å²) in [6, 6.07) is 75.7. The van der Waals surface area contributed by atoms with Crippen LogP contribution in [0.3, 0.4) is 0 Å². The Kier molecular flexibility index (Phi) is 7.54. The van der Waals surface area contributed by atoms with Gasteiger partial charge >= 0.3 is 0 Å². The van der Waals surface area contributed by atoms with Crippen LogP contribution in [0.2, 0.25) is 0 Å². The van der Waals surface area contributed by atoms with Gasteiger partial charge in [0, 0.05) is 32.8 Å². The molecule has 0 spiro atoms. The van der Waals surface area contributed by atoms with Crippen LogP contribution in [0.5, 0.6) is 0 Å². The molecular formula is C56H35NO2. The van der Waals surface area contributed by atoms with E-state index in [1.165, 1.54) is 27.3 Å². The Labute approximate surface area is 340 Å². The van der Waals surface area contributed by atoms with Gasteiger partial charge in [0.2, 0.25) is 0 Å². The van der Waals surface area contributed by atoms with Crippen LogP contribution < -0.4 is 4.90 Å². The minimum atomic E-state index is 0.843. The molecule has 0 fully saturated rings. The van der Waals surface area contributed by atoms with Crippen molar-refractivity contribution in [1.29, 1.82) is 0 Å². The third kappa shape index (κ3) is 5.44. The summed E-state index contributed by atoms with van der Waals surface area (Å²) in [7, 11) is 0. The van der Waals surface area contributed by atoms with E-state index in [1.807, 2.05) is 12.1 Å². The van der Waals surface area contributed by atoms with Gasteiger partial charge in [0.25, 0.3) is 0 Å². The molecular weight excluding hydrogens is 719 g/mol. The topological polar surface area (TPSA) is 29.5 Å². The lowest BCUT2D eigenvalue weighted by Crippen LogP contribution is -2.11. The molecule has 0 bridgehead atoms. The maximum atomic E-state index is 6.72. The van der Waals surface area contributed by atoms with Crippen LogP contribution in [0.15, 0.2) is 221 Å². The smallest absolute Gasteiger partial charge is 0.159 e. The number of rotatable bonds is 6. The van der Waals surface area contributed by atoms with Crippen LogP contribution in [0, 0.1) is 0 Å². The zero-order chi connectivity index (χ0) is 38.9. The third-order valence-corrected chi connectivity index (χ3v) is 11.9. The van der Waals surface area contributed by atoms with Crippen molar-refractivity contribution in [2.75, 3.05) is 4.90 Å². The van der Waals surface area contributed by atoms with Crippen LogP contribution in [0.4, 0.5) is 17.1 Å². The highest BCUT2D eigenvalue weighted by atomic mass is 16.3. The van der Waals surface area contributed by atoms with Gasteiger partial charge in [-0.05, 0) is 97.9 Å². The van der Waals surface area contributed by atoms with Crippen LogP contribution in [0.25, 0.3) is 98.8 Å². The van der Waals surface area contributed by atoms with Gasteiger partial charge in [-0.2, -0.15) is 0 Å². The molecule has 0 unspecified atom stereocenters. The Bertz CT molecular complexity index is 3550. The quantitative estimate of drug-likeness (QED) is 0.169. The maximum Gasteiger partial charge on any atom is 0.159 e. The fourth-order valence-corrected chi connectivity index (χ4v) is 9.07. The van der Waals surface area contributed by atoms with Crippen LogP contribution in [-0.4, -0.2) is 0 Å². The second-order valence-electron chi connectivity index (χ2n) is 15.2. The fourth-order valence-electron chi connectivity index (χ4n) is 9.07. The van der Waals surface area contributed by atoms with Gasteiger partial charge in [-0.25, -0.2) is 0 Å². The maximum absolute atomic E-state index is 6.72. The summed E-state index contributed by atoms with van der Waals surface area (Å²) in [5.41, 5.74) is 13.4. The minimum Gasteiger partial charge on any atom is -0.456 e. The van der Waals surface area contributed by atoms with Gasteiger partial charge in [0.1, 0.15) is 16.7 Å². The minimum absolute atomic E-state index is 0.843. The molecule has 0 N–H and O–H groups in total. The van der Waals surface area contributed by atoms with E-state index >= 15 is 0 Å². The molecule has 0 aliphatic carbocycles. The first-order valence-electron chi connectivity index (χ1n) is 20.1. The highest BCUT2D eigenvalue weighted by molar-refractivity contribution is 6.17. The molecule has 276 valence electrons. The third-order valence-electron chi connectivity index (χ3n) is 11.9. The Hall–Kier alpha value is -7.88. The first-order chi connectivity index (χ1) is 29.2. The molecule has 59 heavy (non-hydrogen) atoms. The molecule has 0 radical (unpaired) electrons. The molecule has 10 aromatic carbocycles. The molecule has 12 aromatic rings. The monoisotopic (exact) mass is 753 g/mol. The van der Waals surface area contributed by atoms with E-state index in [0.717, 1.165) is 88.6 Å². The van der Waals surface area contributed by atoms with Gasteiger partial charge in [-0.1, -0.05) is 164 Å². The molecule has 12 rings (SSSR count). The highest BCUT2D eigenvalue weighted by Gasteiger charge is 2.24. The van der Waals surface area contributed by atoms with Gasteiger partial charge in [-0.15, -0.1) is 0 Å². The number of hydrogen-bond donors (Lipinski definition) is 0. The summed E-state index contributed by atoms with van der Waals surface area (Å²) in [6.45, 7) is 0. The van der Waals surface area contributed by atoms with Crippen LogP contribution in [0.1, 0.15) is 0 Å². The van der Waals surface area contributed by atoms with Crippen LogP contribution in [-0.2, 0) is 0 Å². The first-order valence-corrected chi connectivity index (χ1v) is 20.1. The van der Waals surface area contributed by atoms with Crippen molar-refractivity contribution in [3.8, 4) is 33.4 Å². The number of nitrogens with zero attached hydrogens (tertiary/aromatic N) is 1. The Morgan fingerprint density at radius 1 is 0.305 bits per heavy atom. The van der Waals surface area contributed by atoms with Gasteiger partial charge < -0.3 is 13.7 Å². The van der Waals surface area contributed by atoms with Crippen molar-refractivity contribution < 1.29 is 8.83 Å². The average Bonchev–Trinajstić information content (AvgIpc) is 3.87. The molecule has 3 heteroatoms. The zero-order valence-corrected chi connectivity index (χ0v) is 32.0. The number of furan rings is 2. The summed E-state index contributed by atoms with van der Waals surface area (Å²) in [5, 5.41) is 9.24. The summed E-state index contributed by atoms with van der Waals surface area (Å²) in [5.74, 6) is 0. The van der Waals surface area contributed by atoms with Crippen molar-refractivity contribution >= 4 is 82.5 Å². The van der Waals surface area contributed by atoms with E-state index in [-0.39, 0.29) is 0 Å². The lowest BCUT2D eigenvalue weighted by atomic mass is 9.95. The Morgan fingerprint density at radius 2 is 0.864 bits per heavy atom. The highest BCUT2D eigenvalue weighted by Crippen LogP contribution is 2.48. The van der Waals surface area contributed by atoms with E-state index in [4.69, 9.17) is 8.83 Å². The van der Waals surface area contributed by atoms with Gasteiger partial charge in [0.05, 0.1) is 11.4 Å². The fraction of sp³-hybridized carbons (Fsp3) is 0. The predicted molar refractivity (Wildman–Crippen MR) is 247 cm³/mol. The van der Waals surface area contributed by atoms with E-state index in [0.29, 0.717) is 0 Å². The molecule has 0 atom stereocenters. The standard InChI is InChI=1S/C56H35NO2/c1-2-14-41-35-54-49(34-40(41)13-1)55-47(20-11-25-53(55)58-54)45-17-5-7-22-50(45)57(51-23-10-21-48-46-18-6-8-24-52(46)59-56(48)51)42-32-30-37(31-33-42)36-26-28-39(29-27-36)44-19-9-15-38-12-3-4-16-43(38)44/h1-35H. The normalized spacial score (nSPS) is 11.7. The lowest BCUT2D eigenvalue weighted by Gasteiger charge is -2.28. The van der Waals surface area contributed by atoms with Gasteiger partial charge in [-0.3, -0.25) is 0 Å². The summed E-state index contributed by atoms with van der Waals surface area (Å²) in [6.07, 6.45) is 0. The number of para-hydroxylation sites is 3. The van der Waals surface area contributed by atoms with Crippen molar-refractivity contribution in [2.45, 2.75) is 0 Å². The van der Waals surface area contributed by atoms with E-state index in [1.54, 1.807) is 0 Å². The Morgan fingerprint density at radius 3 is 1.71 bits per heavy atom. The summed E-state index contributed by atoms with van der Waals surface area (Å²) < 4.78 is 13.3. The number of anilines is 3. The molecule has 0 saturated heterocycles. The van der Waals surface area contributed by atoms with E-state index < -0.39 is 0 Å². The van der Waals surface area contributed by atoms with Crippen molar-refractivity contribution in [1.82, 2.24) is 0 Å². The molecule has 2 aromatic heterocycles. The van der Waals surface area contributed by atoms with E-state index in [9.17, 15) is 0 Å². The number of hydrogen-bond acceptors (Lipinski definition) is 3. The van der Waals surface area contributed by atoms with Crippen molar-refractivity contribution in [3.63, 3.8) is 0 Å². The number of fused-ring (bicyclic) bond motifs is 8. The number of benzene rings is 10. The largest absolute Gasteiger partial charge is 0.456 e. The van der Waals surface area contributed by atoms with Crippen molar-refractivity contribution in [2.24, 2.45) is 0 Å². The average molecular weight is 754 g/mol. The molecule has 0 aliphatic heterocycles. The van der Waals surface area contributed by atoms with Gasteiger partial charge in [0.15, 0.2) is 5.58 Å². The molecule has 2 heterocycles. The van der Waals surface area contributed by atoms with E-state index in [2.05, 4.69) is 205 Å². The predicted octanol–water partition coefficient (Wildman–Crippen LogP) is 16.3. The second-order valence-corrected chi connectivity index (χ2v) is 15.2. The van der Waals surface area contributed by atoms with Crippen LogP contribution >= 0.6 is 0 Å². The zero-order valence-electron chi connectivity index (χ0n) is 32.0. The summed E-state index contributed by atoms with van der Waals surface area (Å²) >= 11 is 0. The molecule has 0 aliphatic rings. The SMILES string of the molecule is c1ccc(N(c2ccc(-c3ccc(-c4cccc5ccccc45)cc3)cc2)c2cccc3c2oc2ccccc23)c(-c2cccc3oc4cc5ccccc5cc4c23)c1.